The number of carbonyl (C=O) groups is 1. The number of rotatable bonds is 3. The topological polar surface area (TPSA) is 122 Å². The van der Waals surface area contributed by atoms with Crippen LogP contribution in [-0.4, -0.2) is 51.7 Å². The van der Waals surface area contributed by atoms with Crippen molar-refractivity contribution in [1.82, 2.24) is 10.6 Å². The van der Waals surface area contributed by atoms with E-state index in [2.05, 4.69) is 162 Å². The van der Waals surface area contributed by atoms with E-state index in [0.29, 0.717) is 61.8 Å². The van der Waals surface area contributed by atoms with Crippen LogP contribution in [0.15, 0.2) is 168 Å². The first-order chi connectivity index (χ1) is 49.0. The van der Waals surface area contributed by atoms with Crippen molar-refractivity contribution in [1.29, 1.82) is 0 Å². The molecule has 5 spiro atoms. The van der Waals surface area contributed by atoms with Gasteiger partial charge in [0.2, 0.25) is 0 Å². The van der Waals surface area contributed by atoms with E-state index < -0.39 is 56.6 Å². The van der Waals surface area contributed by atoms with Gasteiger partial charge in [-0.1, -0.05) is 176 Å². The molecule has 4 aliphatic heterocycles. The third kappa shape index (κ3) is 7.42. The zero-order valence-electron chi connectivity index (χ0n) is 58.5. The fraction of sp³-hybridized carbons (Fsp3) is 0.559. The summed E-state index contributed by atoms with van der Waals surface area (Å²) in [5, 5.41) is 64.1. The Labute approximate surface area is 592 Å². The highest BCUT2D eigenvalue weighted by Crippen LogP contribution is 2.92. The van der Waals surface area contributed by atoms with Gasteiger partial charge >= 0.3 is 5.97 Å². The molecule has 7 nitrogen and oxygen atoms in total. The second-order valence-corrected chi connectivity index (χ2v) is 36.8. The third-order valence-electron chi connectivity index (χ3n) is 34.3. The first-order valence-corrected chi connectivity index (χ1v) is 40.5. The SMILES string of the molecule is O=C(O)[C@@H]1CC/C(=C\O)[C@H](C2CCCCC2)CCCNC2=CC=C(CN2)c2ccc3c(c2)[C@H]2C4=c5ccccc5=C5C=C[C@@H]6C[C@H](O)[C@@]7(CC#C[C@H]2C=C3)CC=C[C@@]23C=C4[C@H]5[C@@]6(C4=C5[C@H]2CC[C@H]2C[C@@]6(C[C@H]8CC[C@H](c9ccccc9)C[C@@H]8C6)[C@@H]6C=C[C@@]18[C@H](O)[C@H]1CCC[C@]8(CC4)[C@]51[C@H]26)C37. The average molecular weight is 1330 g/mol. The van der Waals surface area contributed by atoms with E-state index in [-0.39, 0.29) is 64.6 Å². The molecule has 7 heteroatoms. The Morgan fingerprint density at radius 1 is 0.740 bits per heavy atom. The lowest BCUT2D eigenvalue weighted by atomic mass is 9.25. The molecule has 0 aromatic heterocycles. The molecule has 17 aliphatic carbocycles. The van der Waals surface area contributed by atoms with E-state index in [4.69, 9.17) is 0 Å². The maximum atomic E-state index is 15.7. The highest BCUT2D eigenvalue weighted by Gasteiger charge is 2.88. The van der Waals surface area contributed by atoms with Crippen molar-refractivity contribution in [2.75, 3.05) is 13.1 Å². The van der Waals surface area contributed by atoms with Gasteiger partial charge in [0, 0.05) is 64.3 Å². The van der Waals surface area contributed by atoms with E-state index in [0.717, 1.165) is 95.0 Å². The quantitative estimate of drug-likeness (QED) is 0.0877. The molecule has 8 fully saturated rings. The number of nitrogens with one attached hydrogen (secondary N) is 2. The van der Waals surface area contributed by atoms with E-state index in [9.17, 15) is 15.3 Å². The number of benzene rings is 3. The summed E-state index contributed by atoms with van der Waals surface area (Å²) in [5.74, 6) is 11.3. The molecular formula is C93H102N2O5. The average Bonchev–Trinajstić information content (AvgIpc) is 1.26. The van der Waals surface area contributed by atoms with Gasteiger partial charge in [0.1, 0.15) is 0 Å². The van der Waals surface area contributed by atoms with Gasteiger partial charge in [-0.3, -0.25) is 4.79 Å². The fourth-order valence-corrected chi connectivity index (χ4v) is 31.8. The molecule has 8 saturated carbocycles. The Morgan fingerprint density at radius 2 is 1.59 bits per heavy atom. The largest absolute Gasteiger partial charge is 0.516 e. The standard InChI is InChI=1S/C93H102N2O5/c96-53-63-29-34-76(85(99)100)91-43-37-72-81-61(49-87(72)48-60-27-26-58(45-64(60)50-87)54-13-3-1-4-14-54)28-33-73-83-74(36-42-90(91)41-10-21-75(84(91)98)93(81,83)90)92-65-31-32-69-67-18-7-8-19-68(67)80-71(82(69)92)51-89(73)40-12-39-88(86(89)92,77(97)47-65)38-9-17-57-24-22-56-23-25-59(46-70(56)79(57)80)62-30-35-78(95-52-62)94-44-11-20-66(63)55-15-5-2-6-16-55/h1,3-4,7-8,12-14,18-19,22-25,30-32,35,37,40,43,46,51,53,55,57-58,60-61,64-66,72-73,75-77,79,81-82,84,86,94-98H,2,5-6,10-11,15-16,20-21,26-29,33-34,36,38-39,41-42,44-45,47-50,52H2,(H,99,100)/b63-53+/t57-,58-,60+,61-,64+,65+,66-,72+,73+,75+,76-,77-,79-,81+,82-,84+,86?,87+,88+,89+,90+,91-,92+,93+/m0/s1. The van der Waals surface area contributed by atoms with E-state index in [1.807, 2.05) is 0 Å². The number of allylic oxidation sites excluding steroid dienone is 13. The van der Waals surface area contributed by atoms with Gasteiger partial charge < -0.3 is 31.1 Å². The monoisotopic (exact) mass is 1330 g/mol. The van der Waals surface area contributed by atoms with Crippen molar-refractivity contribution < 1.29 is 25.2 Å². The van der Waals surface area contributed by atoms with Gasteiger partial charge in [-0.25, -0.2) is 0 Å². The molecule has 100 heavy (non-hydrogen) atoms. The Kier molecular flexibility index (Phi) is 13.1. The van der Waals surface area contributed by atoms with Crippen molar-refractivity contribution in [3.63, 3.8) is 0 Å². The van der Waals surface area contributed by atoms with Crippen molar-refractivity contribution in [2.24, 2.45) is 121 Å². The van der Waals surface area contributed by atoms with Gasteiger partial charge in [-0.15, -0.1) is 5.92 Å². The predicted octanol–water partition coefficient (Wildman–Crippen LogP) is 16.7. The number of fused-ring (bicyclic) bond motifs is 5. The van der Waals surface area contributed by atoms with Crippen LogP contribution in [0, 0.1) is 133 Å². The van der Waals surface area contributed by atoms with Gasteiger partial charge in [-0.2, -0.15) is 0 Å². The molecule has 0 radical (unpaired) electrons. The molecule has 24 atom stereocenters. The zero-order valence-corrected chi connectivity index (χ0v) is 58.5. The maximum absolute atomic E-state index is 15.7. The summed E-state index contributed by atoms with van der Waals surface area (Å²) in [6, 6.07) is 28.4. The molecule has 0 saturated heterocycles. The lowest BCUT2D eigenvalue weighted by Crippen LogP contribution is -2.74. The highest BCUT2D eigenvalue weighted by atomic mass is 16.4. The van der Waals surface area contributed by atoms with Crippen LogP contribution in [0.3, 0.4) is 0 Å². The third-order valence-corrected chi connectivity index (χ3v) is 34.3. The van der Waals surface area contributed by atoms with Crippen molar-refractivity contribution in [3.05, 3.63) is 201 Å². The summed E-state index contributed by atoms with van der Waals surface area (Å²) in [7, 11) is 0. The molecule has 4 heterocycles. The van der Waals surface area contributed by atoms with Crippen molar-refractivity contribution >= 4 is 28.8 Å². The van der Waals surface area contributed by atoms with Crippen molar-refractivity contribution in [2.45, 2.75) is 185 Å². The molecule has 0 amide bonds. The second kappa shape index (κ2) is 21.5. The molecule has 19 bridgehead atoms. The van der Waals surface area contributed by atoms with Crippen LogP contribution in [-0.2, 0) is 4.79 Å². The number of aliphatic hydroxyl groups is 3. The molecule has 24 rings (SSSR count). The van der Waals surface area contributed by atoms with Gasteiger partial charge in [0.15, 0.2) is 0 Å². The maximum Gasteiger partial charge on any atom is 0.307 e. The minimum absolute atomic E-state index is 0.0293. The number of aliphatic carboxylic acids is 1. The first-order valence-electron chi connectivity index (χ1n) is 40.5. The number of aliphatic hydroxyl groups excluding tert-OH is 3. The minimum atomic E-state index is -1.03. The number of hydrogen-bond donors (Lipinski definition) is 6. The fourth-order valence-electron chi connectivity index (χ4n) is 31.8. The summed E-state index contributed by atoms with van der Waals surface area (Å²) in [5.41, 5.74) is 12.3. The molecule has 1 unspecified atom stereocenters. The first kappa shape index (κ1) is 60.9. The number of carboxylic acids is 1. The van der Waals surface area contributed by atoms with Crippen LogP contribution in [0.1, 0.15) is 195 Å². The predicted molar refractivity (Wildman–Crippen MR) is 394 cm³/mol. The minimum Gasteiger partial charge on any atom is -0.516 e. The van der Waals surface area contributed by atoms with Crippen LogP contribution in [0.2, 0.25) is 0 Å². The summed E-state index contributed by atoms with van der Waals surface area (Å²) in [6.45, 7) is 1.51. The number of dihydropyridines is 1. The van der Waals surface area contributed by atoms with Crippen LogP contribution in [0.25, 0.3) is 22.8 Å². The number of hydrogen-bond acceptors (Lipinski definition) is 6. The van der Waals surface area contributed by atoms with Gasteiger partial charge in [0.05, 0.1) is 30.2 Å². The summed E-state index contributed by atoms with van der Waals surface area (Å²) in [6.07, 6.45) is 53.8. The molecular weight excluding hydrogens is 1230 g/mol. The van der Waals surface area contributed by atoms with E-state index in [1.165, 1.54) is 119 Å². The Balaban J connectivity index is 0.824. The van der Waals surface area contributed by atoms with Crippen molar-refractivity contribution in [3.8, 4) is 11.8 Å². The van der Waals surface area contributed by atoms with Crippen LogP contribution in [0.5, 0.6) is 0 Å². The summed E-state index contributed by atoms with van der Waals surface area (Å²) in [4.78, 5) is 15.7. The van der Waals surface area contributed by atoms with E-state index in [1.54, 1.807) is 11.1 Å². The molecule has 514 valence electrons. The van der Waals surface area contributed by atoms with E-state index >= 15 is 9.90 Å². The Morgan fingerprint density at radius 3 is 2.45 bits per heavy atom. The highest BCUT2D eigenvalue weighted by molar-refractivity contribution is 5.88. The lowest BCUT2D eigenvalue weighted by Gasteiger charge is -2.78. The van der Waals surface area contributed by atoms with Crippen LogP contribution >= 0.6 is 0 Å². The van der Waals surface area contributed by atoms with Gasteiger partial charge in [-0.05, 0) is 277 Å². The molecule has 21 aliphatic rings. The Bertz CT molecular complexity index is 4560. The normalized spacial score (nSPS) is 46.8. The number of carboxylic acid groups (broad SMARTS) is 1. The molecule has 3 aromatic rings. The van der Waals surface area contributed by atoms with Gasteiger partial charge in [0.25, 0.3) is 0 Å². The van der Waals surface area contributed by atoms with Crippen LogP contribution < -0.4 is 21.1 Å². The molecule has 6 N–H and O–H groups in total. The lowest BCUT2D eigenvalue weighted by molar-refractivity contribution is -0.204. The van der Waals surface area contributed by atoms with Crippen LogP contribution in [0.4, 0.5) is 0 Å². The second-order valence-electron chi connectivity index (χ2n) is 36.8. The zero-order chi connectivity index (χ0) is 66.4. The summed E-state index contributed by atoms with van der Waals surface area (Å²) >= 11 is 0. The molecule has 3 aromatic carbocycles. The smallest absolute Gasteiger partial charge is 0.307 e. The summed E-state index contributed by atoms with van der Waals surface area (Å²) < 4.78 is 0. The Hall–Kier alpha value is -6.59.